The summed E-state index contributed by atoms with van der Waals surface area (Å²) in [4.78, 5) is 12.1. The smallest absolute Gasteiger partial charge is 0.234 e. The molecule has 0 radical (unpaired) electrons. The highest BCUT2D eigenvalue weighted by molar-refractivity contribution is 7.99. The van der Waals surface area contributed by atoms with Gasteiger partial charge in [-0.3, -0.25) is 4.79 Å². The van der Waals surface area contributed by atoms with E-state index in [9.17, 15) is 4.79 Å². The lowest BCUT2D eigenvalue weighted by atomic mass is 10.0. The molecule has 1 amide bonds. The molecule has 1 N–H and O–H groups in total. The number of nitrogens with zero attached hydrogens (tertiary/aromatic N) is 3. The minimum atomic E-state index is -0.0582. The van der Waals surface area contributed by atoms with E-state index in [1.807, 2.05) is 22.8 Å². The molecule has 0 spiro atoms. The molecule has 0 aliphatic carbocycles. The first-order valence-corrected chi connectivity index (χ1v) is 8.48. The first kappa shape index (κ1) is 17.5. The fraction of sp³-hybridized carbons (Fsp3) is 0.438. The number of rotatable bonds is 8. The van der Waals surface area contributed by atoms with E-state index in [0.717, 1.165) is 5.69 Å². The van der Waals surface area contributed by atoms with Crippen LogP contribution in [0, 0.1) is 0 Å². The molecule has 23 heavy (non-hydrogen) atoms. The molecule has 0 bridgehead atoms. The summed E-state index contributed by atoms with van der Waals surface area (Å²) in [5.41, 5.74) is 2.03. The molecule has 124 valence electrons. The van der Waals surface area contributed by atoms with Gasteiger partial charge in [0.2, 0.25) is 5.91 Å². The molecule has 0 saturated carbocycles. The summed E-state index contributed by atoms with van der Waals surface area (Å²) in [6.45, 7) is 5.51. The number of anilines is 1. The molecule has 1 aromatic carbocycles. The topological polar surface area (TPSA) is 69.0 Å². The number of hydrogen-bond acceptors (Lipinski definition) is 5. The largest absolute Gasteiger partial charge is 0.383 e. The fourth-order valence-corrected chi connectivity index (χ4v) is 2.74. The van der Waals surface area contributed by atoms with Crippen molar-refractivity contribution in [1.29, 1.82) is 0 Å². The van der Waals surface area contributed by atoms with Crippen LogP contribution in [-0.2, 0) is 16.1 Å². The van der Waals surface area contributed by atoms with Crippen molar-refractivity contribution in [2.24, 2.45) is 0 Å². The van der Waals surface area contributed by atoms with Crippen molar-refractivity contribution in [3.05, 3.63) is 36.2 Å². The minimum absolute atomic E-state index is 0.0582. The lowest BCUT2D eigenvalue weighted by molar-refractivity contribution is -0.113. The van der Waals surface area contributed by atoms with Gasteiger partial charge in [0.25, 0.3) is 0 Å². The zero-order valence-corrected chi connectivity index (χ0v) is 14.5. The van der Waals surface area contributed by atoms with Crippen LogP contribution in [0.4, 0.5) is 5.69 Å². The van der Waals surface area contributed by atoms with Gasteiger partial charge < -0.3 is 14.6 Å². The number of amides is 1. The fourth-order valence-electron chi connectivity index (χ4n) is 2.00. The van der Waals surface area contributed by atoms with Gasteiger partial charge in [-0.25, -0.2) is 0 Å². The van der Waals surface area contributed by atoms with Gasteiger partial charge in [0.15, 0.2) is 5.16 Å². The molecular formula is C16H22N4O2S. The van der Waals surface area contributed by atoms with Crippen LogP contribution in [0.1, 0.15) is 25.3 Å². The molecule has 0 aliphatic rings. The van der Waals surface area contributed by atoms with Gasteiger partial charge in [0, 0.05) is 19.3 Å². The standard InChI is InChI=1S/C16H22N4O2S/c1-12(2)13-5-4-6-14(9-13)18-15(21)10-23-16-19-17-11-20(16)7-8-22-3/h4-6,9,11-12H,7-8,10H2,1-3H3,(H,18,21). The summed E-state index contributed by atoms with van der Waals surface area (Å²) in [5, 5.41) is 11.5. The molecule has 0 aliphatic heterocycles. The second-order valence-electron chi connectivity index (χ2n) is 5.42. The van der Waals surface area contributed by atoms with E-state index < -0.39 is 0 Å². The van der Waals surface area contributed by atoms with E-state index in [0.29, 0.717) is 24.2 Å². The van der Waals surface area contributed by atoms with E-state index in [2.05, 4.69) is 35.4 Å². The van der Waals surface area contributed by atoms with Crippen molar-refractivity contribution in [3.8, 4) is 0 Å². The Morgan fingerprint density at radius 3 is 3.00 bits per heavy atom. The van der Waals surface area contributed by atoms with Crippen LogP contribution in [0.25, 0.3) is 0 Å². The second kappa shape index (κ2) is 8.69. The van der Waals surface area contributed by atoms with Crippen molar-refractivity contribution in [2.75, 3.05) is 24.8 Å². The highest BCUT2D eigenvalue weighted by atomic mass is 32.2. The third-order valence-electron chi connectivity index (χ3n) is 3.29. The molecule has 0 unspecified atom stereocenters. The molecule has 1 aromatic heterocycles. The number of benzene rings is 1. The van der Waals surface area contributed by atoms with Crippen LogP contribution >= 0.6 is 11.8 Å². The second-order valence-corrected chi connectivity index (χ2v) is 6.36. The summed E-state index contributed by atoms with van der Waals surface area (Å²) in [6, 6.07) is 7.93. The van der Waals surface area contributed by atoms with Crippen molar-refractivity contribution in [2.45, 2.75) is 31.5 Å². The Balaban J connectivity index is 1.88. The molecule has 1 heterocycles. The first-order chi connectivity index (χ1) is 11.1. The maximum Gasteiger partial charge on any atom is 0.234 e. The maximum atomic E-state index is 12.1. The van der Waals surface area contributed by atoms with Crippen molar-refractivity contribution in [1.82, 2.24) is 14.8 Å². The number of hydrogen-bond donors (Lipinski definition) is 1. The summed E-state index contributed by atoms with van der Waals surface area (Å²) < 4.78 is 6.92. The van der Waals surface area contributed by atoms with Gasteiger partial charge in [-0.1, -0.05) is 37.7 Å². The highest BCUT2D eigenvalue weighted by Gasteiger charge is 2.09. The van der Waals surface area contributed by atoms with Gasteiger partial charge in [-0.15, -0.1) is 10.2 Å². The third-order valence-corrected chi connectivity index (χ3v) is 4.27. The van der Waals surface area contributed by atoms with Gasteiger partial charge in [0.1, 0.15) is 6.33 Å². The third kappa shape index (κ3) is 5.37. The van der Waals surface area contributed by atoms with Gasteiger partial charge in [-0.05, 0) is 23.6 Å². The number of methoxy groups -OCH3 is 1. The minimum Gasteiger partial charge on any atom is -0.383 e. The average molecular weight is 334 g/mol. The summed E-state index contributed by atoms with van der Waals surface area (Å²) in [6.07, 6.45) is 1.64. The monoisotopic (exact) mass is 334 g/mol. The Morgan fingerprint density at radius 1 is 1.43 bits per heavy atom. The SMILES string of the molecule is COCCn1cnnc1SCC(=O)Nc1cccc(C(C)C)c1. The molecule has 0 saturated heterocycles. The Bertz CT molecular complexity index is 643. The zero-order valence-electron chi connectivity index (χ0n) is 13.7. The molecule has 7 heteroatoms. The van der Waals surface area contributed by atoms with Gasteiger partial charge in [-0.2, -0.15) is 0 Å². The number of thioether (sulfide) groups is 1. The molecule has 6 nitrogen and oxygen atoms in total. The quantitative estimate of drug-likeness (QED) is 0.752. The zero-order chi connectivity index (χ0) is 16.7. The maximum absolute atomic E-state index is 12.1. The Labute approximate surface area is 140 Å². The molecule has 0 atom stereocenters. The van der Waals surface area contributed by atoms with Crippen LogP contribution < -0.4 is 5.32 Å². The number of ether oxygens (including phenoxy) is 1. The number of nitrogens with one attached hydrogen (secondary N) is 1. The van der Waals surface area contributed by atoms with Crippen molar-refractivity contribution < 1.29 is 9.53 Å². The number of aromatic nitrogens is 3. The van der Waals surface area contributed by atoms with Crippen LogP contribution in [0.3, 0.4) is 0 Å². The normalized spacial score (nSPS) is 11.0. The van der Waals surface area contributed by atoms with Crippen LogP contribution in [0.15, 0.2) is 35.7 Å². The van der Waals surface area contributed by atoms with Crippen molar-refractivity contribution in [3.63, 3.8) is 0 Å². The summed E-state index contributed by atoms with van der Waals surface area (Å²) >= 11 is 1.36. The van der Waals surface area contributed by atoms with E-state index in [-0.39, 0.29) is 11.7 Å². The summed E-state index contributed by atoms with van der Waals surface area (Å²) in [7, 11) is 1.65. The Hall–Kier alpha value is -1.86. The Kier molecular flexibility index (Phi) is 6.61. The van der Waals surface area contributed by atoms with E-state index in [4.69, 9.17) is 4.74 Å². The molecule has 2 aromatic rings. The molecule has 0 fully saturated rings. The van der Waals surface area contributed by atoms with Gasteiger partial charge >= 0.3 is 0 Å². The predicted molar refractivity (Wildman–Crippen MR) is 91.8 cm³/mol. The molecule has 2 rings (SSSR count). The average Bonchev–Trinajstić information content (AvgIpc) is 2.98. The number of carbonyl (C=O) groups is 1. The van der Waals surface area contributed by atoms with E-state index in [1.54, 1.807) is 13.4 Å². The lowest BCUT2D eigenvalue weighted by Crippen LogP contribution is -2.15. The van der Waals surface area contributed by atoms with Crippen LogP contribution in [-0.4, -0.2) is 40.1 Å². The van der Waals surface area contributed by atoms with E-state index in [1.165, 1.54) is 17.3 Å². The van der Waals surface area contributed by atoms with Crippen LogP contribution in [0.2, 0.25) is 0 Å². The molecular weight excluding hydrogens is 312 g/mol. The predicted octanol–water partition coefficient (Wildman–Crippen LogP) is 2.78. The summed E-state index contributed by atoms with van der Waals surface area (Å²) in [5.74, 6) is 0.662. The lowest BCUT2D eigenvalue weighted by Gasteiger charge is -2.09. The van der Waals surface area contributed by atoms with Gasteiger partial charge in [0.05, 0.1) is 12.4 Å². The van der Waals surface area contributed by atoms with E-state index >= 15 is 0 Å². The van der Waals surface area contributed by atoms with Crippen LogP contribution in [0.5, 0.6) is 0 Å². The Morgan fingerprint density at radius 2 is 2.26 bits per heavy atom. The van der Waals surface area contributed by atoms with Crippen molar-refractivity contribution >= 4 is 23.4 Å². The first-order valence-electron chi connectivity index (χ1n) is 7.49. The number of carbonyl (C=O) groups excluding carboxylic acids is 1. The highest BCUT2D eigenvalue weighted by Crippen LogP contribution is 2.19.